The lowest BCUT2D eigenvalue weighted by molar-refractivity contribution is 0.0958. The number of benzene rings is 1. The molecule has 0 unspecified atom stereocenters. The molecule has 0 atom stereocenters. The third-order valence-electron chi connectivity index (χ3n) is 3.36. The fourth-order valence-corrected chi connectivity index (χ4v) is 2.16. The zero-order chi connectivity index (χ0) is 14.6. The highest BCUT2D eigenvalue weighted by molar-refractivity contribution is 5.82. The van der Waals surface area contributed by atoms with Gasteiger partial charge in [-0.15, -0.1) is 0 Å². The Hall–Kier alpha value is -1.32. The number of ether oxygens (including phenoxy) is 1. The first-order valence-electron chi connectivity index (χ1n) is 7.23. The number of para-hydroxylation sites is 1. The molecule has 0 saturated heterocycles. The van der Waals surface area contributed by atoms with Crippen molar-refractivity contribution in [3.8, 4) is 0 Å². The molecule has 1 heterocycles. The molecule has 1 aromatic carbocycles. The van der Waals surface area contributed by atoms with E-state index in [2.05, 4.69) is 32.2 Å². The highest BCUT2D eigenvalue weighted by atomic mass is 16.5. The van der Waals surface area contributed by atoms with Crippen molar-refractivity contribution in [2.75, 3.05) is 13.7 Å². The molecule has 110 valence electrons. The van der Waals surface area contributed by atoms with Gasteiger partial charge < -0.3 is 14.5 Å². The first kappa shape index (κ1) is 15.1. The van der Waals surface area contributed by atoms with Gasteiger partial charge in [-0.3, -0.25) is 0 Å². The largest absolute Gasteiger partial charge is 0.459 e. The van der Waals surface area contributed by atoms with Crippen LogP contribution < -0.4 is 5.32 Å². The minimum Gasteiger partial charge on any atom is -0.459 e. The lowest BCUT2D eigenvalue weighted by atomic mass is 9.93. The van der Waals surface area contributed by atoms with E-state index in [1.807, 2.05) is 25.2 Å². The van der Waals surface area contributed by atoms with E-state index in [-0.39, 0.29) is 0 Å². The van der Waals surface area contributed by atoms with E-state index in [4.69, 9.17) is 9.15 Å². The number of fused-ring (bicyclic) bond motifs is 1. The van der Waals surface area contributed by atoms with Crippen LogP contribution in [0.1, 0.15) is 38.5 Å². The second-order valence-electron chi connectivity index (χ2n) is 6.39. The summed E-state index contributed by atoms with van der Waals surface area (Å²) in [4.78, 5) is 0. The zero-order valence-corrected chi connectivity index (χ0v) is 13.0. The Balaban J connectivity index is 2.09. The molecule has 2 aromatic rings. The van der Waals surface area contributed by atoms with Crippen molar-refractivity contribution >= 4 is 11.0 Å². The smallest absolute Gasteiger partial charge is 0.134 e. The maximum absolute atomic E-state index is 5.90. The van der Waals surface area contributed by atoms with E-state index in [1.165, 1.54) is 5.56 Å². The molecular weight excluding hydrogens is 250 g/mol. The van der Waals surface area contributed by atoms with Crippen molar-refractivity contribution in [1.82, 2.24) is 5.32 Å². The molecule has 0 amide bonds. The van der Waals surface area contributed by atoms with E-state index in [9.17, 15) is 0 Å². The second-order valence-corrected chi connectivity index (χ2v) is 6.39. The van der Waals surface area contributed by atoms with Crippen molar-refractivity contribution in [3.63, 3.8) is 0 Å². The van der Waals surface area contributed by atoms with Gasteiger partial charge >= 0.3 is 0 Å². The van der Waals surface area contributed by atoms with Crippen LogP contribution in [0.25, 0.3) is 11.0 Å². The normalized spacial score (nSPS) is 12.2. The molecule has 0 saturated carbocycles. The van der Waals surface area contributed by atoms with Crippen LogP contribution in [0.3, 0.4) is 0 Å². The van der Waals surface area contributed by atoms with Gasteiger partial charge in [0.25, 0.3) is 0 Å². The van der Waals surface area contributed by atoms with Crippen molar-refractivity contribution < 1.29 is 9.15 Å². The summed E-state index contributed by atoms with van der Waals surface area (Å²) >= 11 is 0. The lowest BCUT2D eigenvalue weighted by Crippen LogP contribution is -2.10. The molecule has 0 aliphatic heterocycles. The summed E-state index contributed by atoms with van der Waals surface area (Å²) in [6.07, 6.45) is 1.06. The van der Waals surface area contributed by atoms with Gasteiger partial charge in [0.15, 0.2) is 0 Å². The van der Waals surface area contributed by atoms with Crippen LogP contribution in [0.2, 0.25) is 0 Å². The number of furan rings is 1. The Bertz CT molecular complexity index is 552. The molecule has 3 nitrogen and oxygen atoms in total. The molecule has 1 N–H and O–H groups in total. The van der Waals surface area contributed by atoms with Gasteiger partial charge in [-0.05, 0) is 24.9 Å². The molecular formula is C17H25NO2. The fourth-order valence-electron chi connectivity index (χ4n) is 2.16. The van der Waals surface area contributed by atoms with E-state index in [0.717, 1.165) is 36.3 Å². The van der Waals surface area contributed by atoms with Crippen molar-refractivity contribution in [3.05, 3.63) is 35.6 Å². The van der Waals surface area contributed by atoms with Gasteiger partial charge in [-0.25, -0.2) is 0 Å². The molecule has 0 aliphatic rings. The number of nitrogens with one attached hydrogen (secondary N) is 1. The molecule has 0 fully saturated rings. The monoisotopic (exact) mass is 275 g/mol. The predicted octanol–water partition coefficient (Wildman–Crippen LogP) is 4.11. The minimum atomic E-state index is 0.312. The van der Waals surface area contributed by atoms with E-state index in [0.29, 0.717) is 12.0 Å². The summed E-state index contributed by atoms with van der Waals surface area (Å²) in [5.41, 5.74) is 2.42. The van der Waals surface area contributed by atoms with Crippen LogP contribution in [0.4, 0.5) is 0 Å². The van der Waals surface area contributed by atoms with Crippen molar-refractivity contribution in [1.29, 1.82) is 0 Å². The van der Waals surface area contributed by atoms with E-state index < -0.39 is 0 Å². The third kappa shape index (κ3) is 3.84. The number of hydrogen-bond acceptors (Lipinski definition) is 3. The zero-order valence-electron chi connectivity index (χ0n) is 13.0. The van der Waals surface area contributed by atoms with Crippen LogP contribution in [-0.4, -0.2) is 13.7 Å². The highest BCUT2D eigenvalue weighted by Gasteiger charge is 2.14. The molecule has 20 heavy (non-hydrogen) atoms. The average molecular weight is 275 g/mol. The molecule has 0 spiro atoms. The maximum Gasteiger partial charge on any atom is 0.134 e. The Morgan fingerprint density at radius 3 is 2.65 bits per heavy atom. The molecule has 1 aromatic heterocycles. The summed E-state index contributed by atoms with van der Waals surface area (Å²) in [7, 11) is 1.93. The molecule has 0 radical (unpaired) electrons. The Kier molecular flexibility index (Phi) is 4.84. The van der Waals surface area contributed by atoms with Gasteiger partial charge in [0, 0.05) is 17.6 Å². The first-order valence-corrected chi connectivity index (χ1v) is 7.23. The number of hydrogen-bond donors (Lipinski definition) is 1. The predicted molar refractivity (Wildman–Crippen MR) is 82.7 cm³/mol. The highest BCUT2D eigenvalue weighted by Crippen LogP contribution is 2.27. The van der Waals surface area contributed by atoms with Gasteiger partial charge in [-0.2, -0.15) is 0 Å². The summed E-state index contributed by atoms with van der Waals surface area (Å²) in [5.74, 6) is 0.976. The average Bonchev–Trinajstić information content (AvgIpc) is 2.72. The Morgan fingerprint density at radius 1 is 1.20 bits per heavy atom. The molecule has 0 bridgehead atoms. The quantitative estimate of drug-likeness (QED) is 0.806. The van der Waals surface area contributed by atoms with Crippen molar-refractivity contribution in [2.24, 2.45) is 5.41 Å². The van der Waals surface area contributed by atoms with Crippen molar-refractivity contribution in [2.45, 2.75) is 40.3 Å². The summed E-state index contributed by atoms with van der Waals surface area (Å²) in [6, 6.07) is 8.15. The molecule has 3 heteroatoms. The number of rotatable bonds is 6. The minimum absolute atomic E-state index is 0.312. The summed E-state index contributed by atoms with van der Waals surface area (Å²) in [5, 5.41) is 4.31. The Labute approximate surface area is 121 Å². The van der Waals surface area contributed by atoms with Gasteiger partial charge in [-0.1, -0.05) is 39.0 Å². The molecule has 2 rings (SSSR count). The van der Waals surface area contributed by atoms with Crippen LogP contribution in [0, 0.1) is 5.41 Å². The van der Waals surface area contributed by atoms with E-state index >= 15 is 0 Å². The van der Waals surface area contributed by atoms with Gasteiger partial charge in [0.2, 0.25) is 0 Å². The molecule has 0 aliphatic carbocycles. The van der Waals surface area contributed by atoms with Crippen LogP contribution in [0.15, 0.2) is 28.7 Å². The summed E-state index contributed by atoms with van der Waals surface area (Å²) in [6.45, 7) is 8.82. The Morgan fingerprint density at radius 2 is 1.95 bits per heavy atom. The first-order chi connectivity index (χ1) is 9.51. The topological polar surface area (TPSA) is 34.4 Å². The van der Waals surface area contributed by atoms with Crippen LogP contribution in [-0.2, 0) is 17.9 Å². The lowest BCUT2D eigenvalue weighted by Gasteiger charge is -2.17. The van der Waals surface area contributed by atoms with Crippen LogP contribution >= 0.6 is 0 Å². The fraction of sp³-hybridized carbons (Fsp3) is 0.529. The second kappa shape index (κ2) is 6.42. The maximum atomic E-state index is 5.90. The van der Waals surface area contributed by atoms with Gasteiger partial charge in [0.05, 0.1) is 13.2 Å². The standard InChI is InChI=1S/C17H25NO2/c1-17(2,3)9-10-19-12-14-13-7-5-6-8-15(13)20-16(14)11-18-4/h5-8,18H,9-12H2,1-4H3. The van der Waals surface area contributed by atoms with Crippen LogP contribution in [0.5, 0.6) is 0 Å². The SMILES string of the molecule is CNCc1oc2ccccc2c1COCCC(C)(C)C. The van der Waals surface area contributed by atoms with E-state index in [1.54, 1.807) is 0 Å². The van der Waals surface area contributed by atoms with Gasteiger partial charge in [0.1, 0.15) is 11.3 Å². The summed E-state index contributed by atoms with van der Waals surface area (Å²) < 4.78 is 11.8. The third-order valence-corrected chi connectivity index (χ3v) is 3.36.